The van der Waals surface area contributed by atoms with Crippen LogP contribution < -0.4 is 20.1 Å². The van der Waals surface area contributed by atoms with Gasteiger partial charge < -0.3 is 24.6 Å². The van der Waals surface area contributed by atoms with Gasteiger partial charge >= 0.3 is 0 Å². The topological polar surface area (TPSA) is 80.9 Å². The lowest BCUT2D eigenvalue weighted by Crippen LogP contribution is -2.32. The number of nitrogens with zero attached hydrogens (tertiary/aromatic N) is 2. The molecule has 0 aliphatic heterocycles. The van der Waals surface area contributed by atoms with Crippen LogP contribution in [0.3, 0.4) is 0 Å². The minimum atomic E-state index is 0.574. The summed E-state index contributed by atoms with van der Waals surface area (Å²) in [6.07, 6.45) is 0.814. The zero-order valence-electron chi connectivity index (χ0n) is 15.5. The van der Waals surface area contributed by atoms with Crippen molar-refractivity contribution in [1.82, 2.24) is 10.5 Å². The molecule has 0 aliphatic rings. The predicted molar refractivity (Wildman–Crippen MR) is 98.8 cm³/mol. The number of nitrogens with one attached hydrogen (secondary N) is 2. The monoisotopic (exact) mass is 346 g/mol. The van der Waals surface area contributed by atoms with Crippen molar-refractivity contribution in [3.05, 3.63) is 35.2 Å². The van der Waals surface area contributed by atoms with Crippen LogP contribution in [0.15, 0.2) is 27.7 Å². The van der Waals surface area contributed by atoms with Crippen LogP contribution >= 0.6 is 0 Å². The molecule has 7 heteroatoms. The van der Waals surface area contributed by atoms with E-state index < -0.39 is 0 Å². The fraction of sp³-hybridized carbons (Fsp3) is 0.444. The number of guanidine groups is 1. The van der Waals surface area contributed by atoms with E-state index in [2.05, 4.69) is 20.8 Å². The van der Waals surface area contributed by atoms with Gasteiger partial charge in [-0.2, -0.15) is 0 Å². The molecule has 0 radical (unpaired) electrons. The number of aliphatic imine (C=N–C) groups is 1. The number of aromatic nitrogens is 1. The predicted octanol–water partition coefficient (Wildman–Crippen LogP) is 2.93. The van der Waals surface area contributed by atoms with Crippen molar-refractivity contribution in [2.75, 3.05) is 32.6 Å². The van der Waals surface area contributed by atoms with Crippen molar-refractivity contribution in [3.63, 3.8) is 0 Å². The van der Waals surface area contributed by atoms with Gasteiger partial charge in [0.25, 0.3) is 0 Å². The van der Waals surface area contributed by atoms with Crippen molar-refractivity contribution in [1.29, 1.82) is 0 Å². The Balaban J connectivity index is 1.96. The van der Waals surface area contributed by atoms with E-state index in [1.807, 2.05) is 39.0 Å². The summed E-state index contributed by atoms with van der Waals surface area (Å²) in [4.78, 5) is 4.25. The third-order valence-electron chi connectivity index (χ3n) is 3.80. The zero-order valence-corrected chi connectivity index (χ0v) is 15.5. The van der Waals surface area contributed by atoms with Crippen LogP contribution in [-0.2, 0) is 6.42 Å². The molecule has 0 saturated carbocycles. The summed E-state index contributed by atoms with van der Waals surface area (Å²) in [7, 11) is 3.36. The van der Waals surface area contributed by atoms with E-state index in [0.29, 0.717) is 24.1 Å². The molecule has 1 heterocycles. The Hall–Kier alpha value is -2.70. The Kier molecular flexibility index (Phi) is 6.68. The van der Waals surface area contributed by atoms with Gasteiger partial charge in [-0.15, -0.1) is 0 Å². The molecule has 1 aromatic heterocycles. The van der Waals surface area contributed by atoms with Crippen molar-refractivity contribution in [2.24, 2.45) is 4.99 Å². The first-order valence-electron chi connectivity index (χ1n) is 8.29. The summed E-state index contributed by atoms with van der Waals surface area (Å²) in [5, 5.41) is 10.5. The van der Waals surface area contributed by atoms with Gasteiger partial charge in [0.2, 0.25) is 0 Å². The van der Waals surface area contributed by atoms with E-state index in [1.54, 1.807) is 14.2 Å². The van der Waals surface area contributed by atoms with Crippen molar-refractivity contribution in [2.45, 2.75) is 27.2 Å². The van der Waals surface area contributed by atoms with Gasteiger partial charge in [0.05, 0.1) is 19.4 Å². The summed E-state index contributed by atoms with van der Waals surface area (Å²) in [5.41, 5.74) is 2.93. The van der Waals surface area contributed by atoms with Crippen molar-refractivity contribution < 1.29 is 14.0 Å². The third-order valence-corrected chi connectivity index (χ3v) is 3.80. The number of benzene rings is 1. The lowest BCUT2D eigenvalue weighted by Gasteiger charge is -2.14. The summed E-state index contributed by atoms with van der Waals surface area (Å²) in [5.74, 6) is 2.94. The Labute approximate surface area is 148 Å². The molecule has 0 bridgehead atoms. The molecular weight excluding hydrogens is 320 g/mol. The van der Waals surface area contributed by atoms with E-state index in [4.69, 9.17) is 14.0 Å². The van der Waals surface area contributed by atoms with Gasteiger partial charge in [-0.05, 0) is 39.3 Å². The van der Waals surface area contributed by atoms with E-state index in [1.165, 1.54) is 0 Å². The number of anilines is 1. The quantitative estimate of drug-likeness (QED) is 0.593. The normalized spacial score (nSPS) is 11.3. The maximum atomic E-state index is 5.60. The number of aryl methyl sites for hydroxylation is 2. The first-order valence-corrected chi connectivity index (χ1v) is 8.29. The van der Waals surface area contributed by atoms with E-state index >= 15 is 0 Å². The van der Waals surface area contributed by atoms with Crippen LogP contribution in [0.4, 0.5) is 5.69 Å². The highest BCUT2D eigenvalue weighted by atomic mass is 16.5. The summed E-state index contributed by atoms with van der Waals surface area (Å²) in [6.45, 7) is 7.11. The highest BCUT2D eigenvalue weighted by Crippen LogP contribution is 2.30. The van der Waals surface area contributed by atoms with Crippen LogP contribution in [0.2, 0.25) is 0 Å². The van der Waals surface area contributed by atoms with Crippen LogP contribution in [-0.4, -0.2) is 38.4 Å². The molecule has 2 rings (SSSR count). The molecule has 7 nitrogen and oxygen atoms in total. The first-order chi connectivity index (χ1) is 12.1. The molecule has 25 heavy (non-hydrogen) atoms. The summed E-state index contributed by atoms with van der Waals surface area (Å²) in [6, 6.07) is 5.68. The molecule has 0 unspecified atom stereocenters. The van der Waals surface area contributed by atoms with Gasteiger partial charge in [0.15, 0.2) is 17.5 Å². The molecule has 136 valence electrons. The molecule has 0 fully saturated rings. The molecule has 1 aromatic carbocycles. The molecule has 0 spiro atoms. The van der Waals surface area contributed by atoms with Crippen molar-refractivity contribution in [3.8, 4) is 11.5 Å². The van der Waals surface area contributed by atoms with Crippen LogP contribution in [0.25, 0.3) is 0 Å². The molecule has 0 aliphatic carbocycles. The third kappa shape index (κ3) is 4.89. The Morgan fingerprint density at radius 3 is 2.68 bits per heavy atom. The van der Waals surface area contributed by atoms with Crippen LogP contribution in [0.1, 0.15) is 23.9 Å². The van der Waals surface area contributed by atoms with Gasteiger partial charge in [0, 0.05) is 30.9 Å². The van der Waals surface area contributed by atoms with Crippen LogP contribution in [0, 0.1) is 13.8 Å². The fourth-order valence-corrected chi connectivity index (χ4v) is 2.50. The lowest BCUT2D eigenvalue weighted by atomic mass is 10.1. The molecular formula is C18H26N4O3. The van der Waals surface area contributed by atoms with E-state index in [-0.39, 0.29) is 0 Å². The SMILES string of the molecule is CCOc1cc(NC(=NC)NCCc2c(C)noc2C)ccc1OC. The second-order valence-electron chi connectivity index (χ2n) is 5.48. The highest BCUT2D eigenvalue weighted by Gasteiger charge is 2.10. The standard InChI is InChI=1S/C18H26N4O3/c1-6-24-17-11-14(7-8-16(17)23-5)21-18(19-4)20-10-9-15-12(2)22-25-13(15)3/h7-8,11H,6,9-10H2,1-5H3,(H2,19,20,21). The molecule has 0 amide bonds. The van der Waals surface area contributed by atoms with Gasteiger partial charge in [-0.25, -0.2) is 0 Å². The zero-order chi connectivity index (χ0) is 18.2. The second-order valence-corrected chi connectivity index (χ2v) is 5.48. The molecule has 0 saturated heterocycles. The largest absolute Gasteiger partial charge is 0.493 e. The number of rotatable bonds is 7. The average Bonchev–Trinajstić information content (AvgIpc) is 2.93. The molecule has 0 atom stereocenters. The maximum Gasteiger partial charge on any atom is 0.195 e. The van der Waals surface area contributed by atoms with Gasteiger partial charge in [0.1, 0.15) is 5.76 Å². The van der Waals surface area contributed by atoms with Crippen LogP contribution in [0.5, 0.6) is 11.5 Å². The molecule has 2 N–H and O–H groups in total. The number of methoxy groups -OCH3 is 1. The average molecular weight is 346 g/mol. The minimum Gasteiger partial charge on any atom is -0.493 e. The smallest absolute Gasteiger partial charge is 0.195 e. The second kappa shape index (κ2) is 8.96. The van der Waals surface area contributed by atoms with Gasteiger partial charge in [-0.3, -0.25) is 4.99 Å². The Morgan fingerprint density at radius 1 is 1.28 bits per heavy atom. The Bertz CT molecular complexity index is 706. The number of hydrogen-bond acceptors (Lipinski definition) is 5. The first kappa shape index (κ1) is 18.6. The summed E-state index contributed by atoms with van der Waals surface area (Å²) < 4.78 is 16.1. The molecule has 2 aromatic rings. The van der Waals surface area contributed by atoms with E-state index in [0.717, 1.165) is 35.7 Å². The number of ether oxygens (including phenoxy) is 2. The lowest BCUT2D eigenvalue weighted by molar-refractivity contribution is 0.311. The summed E-state index contributed by atoms with van der Waals surface area (Å²) >= 11 is 0. The van der Waals surface area contributed by atoms with E-state index in [9.17, 15) is 0 Å². The maximum absolute atomic E-state index is 5.60. The van der Waals surface area contributed by atoms with Crippen molar-refractivity contribution >= 4 is 11.6 Å². The number of hydrogen-bond donors (Lipinski definition) is 2. The highest BCUT2D eigenvalue weighted by molar-refractivity contribution is 5.93. The Morgan fingerprint density at radius 2 is 2.08 bits per heavy atom. The minimum absolute atomic E-state index is 0.574. The fourth-order valence-electron chi connectivity index (χ4n) is 2.50. The van der Waals surface area contributed by atoms with Gasteiger partial charge in [-0.1, -0.05) is 5.16 Å².